The Kier molecular flexibility index (Phi) is 4.13. The molecule has 6 nitrogen and oxygen atoms in total. The number of ether oxygens (including phenoxy) is 1. The lowest BCUT2D eigenvalue weighted by Gasteiger charge is -2.39. The second kappa shape index (κ2) is 6.77. The number of nitrogens with one attached hydrogen (secondary N) is 1. The Labute approximate surface area is 178 Å². The number of halogens is 2. The van der Waals surface area contributed by atoms with Crippen molar-refractivity contribution in [1.29, 1.82) is 0 Å². The van der Waals surface area contributed by atoms with Gasteiger partial charge < -0.3 is 15.0 Å². The number of hydrogen-bond donors (Lipinski definition) is 1. The van der Waals surface area contributed by atoms with Crippen LogP contribution in [0.1, 0.15) is 35.4 Å². The average molecular weight is 426 g/mol. The number of aromatic nitrogens is 3. The van der Waals surface area contributed by atoms with Gasteiger partial charge in [-0.3, -0.25) is 4.57 Å². The number of hydrogen-bond acceptors (Lipinski definition) is 5. The highest BCUT2D eigenvalue weighted by molar-refractivity contribution is 6.30. The van der Waals surface area contributed by atoms with Gasteiger partial charge in [0.25, 0.3) is 0 Å². The number of rotatable bonds is 1. The second-order valence-electron chi connectivity index (χ2n) is 8.20. The molecule has 0 amide bonds. The molecule has 2 aromatic carbocycles. The highest BCUT2D eigenvalue weighted by Gasteiger charge is 2.43. The van der Waals surface area contributed by atoms with Crippen LogP contribution in [0.3, 0.4) is 0 Å². The molecule has 6 rings (SSSR count). The summed E-state index contributed by atoms with van der Waals surface area (Å²) < 4.78 is 22.2. The van der Waals surface area contributed by atoms with Gasteiger partial charge in [-0.25, -0.2) is 4.39 Å². The third-order valence-corrected chi connectivity index (χ3v) is 6.75. The first-order valence-electron chi connectivity index (χ1n) is 10.2. The Morgan fingerprint density at radius 2 is 1.90 bits per heavy atom. The molecule has 3 aliphatic rings. The fraction of sp³-hybridized carbons (Fsp3) is 0.364. The number of piperidine rings is 1. The van der Waals surface area contributed by atoms with Crippen molar-refractivity contribution in [3.63, 3.8) is 0 Å². The quantitative estimate of drug-likeness (QED) is 0.644. The molecule has 3 aromatic rings. The highest BCUT2D eigenvalue weighted by atomic mass is 35.5. The van der Waals surface area contributed by atoms with E-state index >= 15 is 0 Å². The summed E-state index contributed by atoms with van der Waals surface area (Å²) in [6, 6.07) is 10.9. The van der Waals surface area contributed by atoms with Gasteiger partial charge in [0.15, 0.2) is 5.82 Å². The zero-order valence-corrected chi connectivity index (χ0v) is 17.1. The van der Waals surface area contributed by atoms with Crippen molar-refractivity contribution in [3.05, 3.63) is 69.8 Å². The third kappa shape index (κ3) is 2.76. The van der Waals surface area contributed by atoms with Gasteiger partial charge in [0.05, 0.1) is 24.4 Å². The van der Waals surface area contributed by atoms with Crippen LogP contribution in [0.4, 0.5) is 10.3 Å². The minimum atomic E-state index is -0.400. The first kappa shape index (κ1) is 18.3. The van der Waals surface area contributed by atoms with E-state index in [1.54, 1.807) is 6.07 Å². The smallest absolute Gasteiger partial charge is 0.231 e. The van der Waals surface area contributed by atoms with E-state index in [-0.39, 0.29) is 5.82 Å². The summed E-state index contributed by atoms with van der Waals surface area (Å²) in [5.41, 5.74) is 3.88. The van der Waals surface area contributed by atoms with E-state index < -0.39 is 5.60 Å². The molecule has 30 heavy (non-hydrogen) atoms. The SMILES string of the molecule is Fc1ccc2c(c1)C1(CCN(c3nnc4n3-c3ccc(Cl)cc3CNC4)CC1)OC2. The van der Waals surface area contributed by atoms with Crippen LogP contribution in [-0.2, 0) is 30.0 Å². The first-order valence-corrected chi connectivity index (χ1v) is 10.6. The normalized spacial score (nSPS) is 19.3. The molecule has 0 aliphatic carbocycles. The van der Waals surface area contributed by atoms with Crippen molar-refractivity contribution in [1.82, 2.24) is 20.1 Å². The highest BCUT2D eigenvalue weighted by Crippen LogP contribution is 2.45. The second-order valence-corrected chi connectivity index (χ2v) is 8.64. The number of nitrogens with zero attached hydrogens (tertiary/aromatic N) is 4. The predicted molar refractivity (Wildman–Crippen MR) is 111 cm³/mol. The van der Waals surface area contributed by atoms with Crippen molar-refractivity contribution in [2.75, 3.05) is 18.0 Å². The minimum Gasteiger partial charge on any atom is -0.365 e. The fourth-order valence-corrected chi connectivity index (χ4v) is 5.16. The number of fused-ring (bicyclic) bond motifs is 5. The van der Waals surface area contributed by atoms with E-state index in [9.17, 15) is 4.39 Å². The molecule has 1 spiro atoms. The molecule has 1 fully saturated rings. The van der Waals surface area contributed by atoms with E-state index in [2.05, 4.69) is 25.0 Å². The molecule has 3 aliphatic heterocycles. The lowest BCUT2D eigenvalue weighted by atomic mass is 9.84. The summed E-state index contributed by atoms with van der Waals surface area (Å²) in [5, 5.41) is 13.1. The summed E-state index contributed by atoms with van der Waals surface area (Å²) in [5.74, 6) is 1.52. The summed E-state index contributed by atoms with van der Waals surface area (Å²) in [6.07, 6.45) is 1.58. The minimum absolute atomic E-state index is 0.202. The lowest BCUT2D eigenvalue weighted by molar-refractivity contribution is -0.0553. The molecule has 8 heteroatoms. The van der Waals surface area contributed by atoms with Crippen LogP contribution < -0.4 is 10.2 Å². The van der Waals surface area contributed by atoms with Crippen LogP contribution in [0.25, 0.3) is 5.69 Å². The Balaban J connectivity index is 1.33. The molecule has 1 N–H and O–H groups in total. The topological polar surface area (TPSA) is 55.2 Å². The molecule has 0 radical (unpaired) electrons. The van der Waals surface area contributed by atoms with Crippen molar-refractivity contribution in [2.45, 2.75) is 38.1 Å². The van der Waals surface area contributed by atoms with E-state index in [4.69, 9.17) is 16.3 Å². The number of anilines is 1. The van der Waals surface area contributed by atoms with Crippen LogP contribution in [0.5, 0.6) is 0 Å². The molecule has 0 unspecified atom stereocenters. The Bertz CT molecular complexity index is 1140. The lowest BCUT2D eigenvalue weighted by Crippen LogP contribution is -2.43. The van der Waals surface area contributed by atoms with Crippen LogP contribution in [-0.4, -0.2) is 27.9 Å². The van der Waals surface area contributed by atoms with E-state index in [0.717, 1.165) is 71.6 Å². The van der Waals surface area contributed by atoms with Crippen LogP contribution in [0, 0.1) is 5.82 Å². The largest absolute Gasteiger partial charge is 0.365 e. The Morgan fingerprint density at radius 3 is 2.77 bits per heavy atom. The zero-order valence-electron chi connectivity index (χ0n) is 16.4. The van der Waals surface area contributed by atoms with Crippen molar-refractivity contribution in [2.24, 2.45) is 0 Å². The fourth-order valence-electron chi connectivity index (χ4n) is 4.97. The van der Waals surface area contributed by atoms with Crippen molar-refractivity contribution < 1.29 is 9.13 Å². The van der Waals surface area contributed by atoms with Gasteiger partial charge >= 0.3 is 0 Å². The maximum Gasteiger partial charge on any atom is 0.231 e. The van der Waals surface area contributed by atoms with Gasteiger partial charge in [-0.15, -0.1) is 10.2 Å². The van der Waals surface area contributed by atoms with Gasteiger partial charge in [0.1, 0.15) is 5.82 Å². The Hall–Kier alpha value is -2.48. The van der Waals surface area contributed by atoms with Crippen LogP contribution >= 0.6 is 11.6 Å². The average Bonchev–Trinajstić information content (AvgIpc) is 3.26. The molecule has 0 bridgehead atoms. The van der Waals surface area contributed by atoms with E-state index in [0.29, 0.717) is 13.2 Å². The zero-order chi connectivity index (χ0) is 20.3. The molecule has 154 valence electrons. The molecule has 1 saturated heterocycles. The van der Waals surface area contributed by atoms with E-state index in [1.165, 1.54) is 6.07 Å². The predicted octanol–water partition coefficient (Wildman–Crippen LogP) is 3.69. The molecular weight excluding hydrogens is 405 g/mol. The van der Waals surface area contributed by atoms with Crippen LogP contribution in [0.15, 0.2) is 36.4 Å². The van der Waals surface area contributed by atoms with Gasteiger partial charge in [-0.2, -0.15) is 0 Å². The van der Waals surface area contributed by atoms with Crippen LogP contribution in [0.2, 0.25) is 5.02 Å². The Morgan fingerprint density at radius 1 is 1.03 bits per heavy atom. The summed E-state index contributed by atoms with van der Waals surface area (Å²) in [4.78, 5) is 2.26. The third-order valence-electron chi connectivity index (χ3n) is 6.51. The van der Waals surface area contributed by atoms with Gasteiger partial charge in [0.2, 0.25) is 5.95 Å². The standard InChI is InChI=1S/C22H21ClFN5O/c23-16-2-4-19-15(9-16)11-25-12-20-26-27-21(29(19)20)28-7-5-22(6-8-28)18-10-17(24)3-1-14(18)13-30-22/h1-4,9-10,25H,5-8,11-13H2. The summed E-state index contributed by atoms with van der Waals surface area (Å²) in [6.45, 7) is 3.47. The van der Waals surface area contributed by atoms with Gasteiger partial charge in [-0.05, 0) is 59.9 Å². The summed E-state index contributed by atoms with van der Waals surface area (Å²) in [7, 11) is 0. The van der Waals surface area contributed by atoms with Crippen molar-refractivity contribution in [3.8, 4) is 5.69 Å². The molecule has 1 aromatic heterocycles. The molecule has 0 atom stereocenters. The van der Waals surface area contributed by atoms with Gasteiger partial charge in [-0.1, -0.05) is 17.7 Å². The first-order chi connectivity index (χ1) is 14.6. The van der Waals surface area contributed by atoms with Crippen molar-refractivity contribution >= 4 is 17.5 Å². The van der Waals surface area contributed by atoms with Gasteiger partial charge in [0, 0.05) is 24.7 Å². The van der Waals surface area contributed by atoms with E-state index in [1.807, 2.05) is 24.3 Å². The molecular formula is C22H21ClFN5O. The maximum atomic E-state index is 13.9. The maximum absolute atomic E-state index is 13.9. The molecule has 0 saturated carbocycles. The summed E-state index contributed by atoms with van der Waals surface area (Å²) >= 11 is 6.22. The number of benzene rings is 2. The monoisotopic (exact) mass is 425 g/mol. The molecule has 4 heterocycles.